The molecule has 0 saturated heterocycles. The lowest BCUT2D eigenvalue weighted by Gasteiger charge is -2.26. The van der Waals surface area contributed by atoms with Crippen molar-refractivity contribution < 1.29 is 29.3 Å². The molecule has 1 unspecified atom stereocenters. The van der Waals surface area contributed by atoms with Gasteiger partial charge >= 0.3 is 18.2 Å². The van der Waals surface area contributed by atoms with Crippen LogP contribution in [0.25, 0.3) is 0 Å². The largest absolute Gasteiger partial charge is 0.480 e. The summed E-state index contributed by atoms with van der Waals surface area (Å²) in [6.45, 7) is 5.74. The van der Waals surface area contributed by atoms with E-state index in [1.165, 1.54) is 0 Å². The standard InChI is InChI=1S/C9H15NO6/c1-5(6(11)12)10(7(13)14)8(15)16-9(2,3)4/h5H,1-4H3,(H,11,12)(H,13,14). The van der Waals surface area contributed by atoms with Crippen molar-refractivity contribution in [3.8, 4) is 0 Å². The Morgan fingerprint density at radius 1 is 1.19 bits per heavy atom. The van der Waals surface area contributed by atoms with Crippen LogP contribution < -0.4 is 0 Å². The number of amides is 2. The number of carboxylic acid groups (broad SMARTS) is 2. The molecule has 7 heteroatoms. The zero-order chi connectivity index (χ0) is 13.1. The minimum absolute atomic E-state index is 0.133. The van der Waals surface area contributed by atoms with Gasteiger partial charge in [-0.3, -0.25) is 0 Å². The van der Waals surface area contributed by atoms with E-state index in [1.54, 1.807) is 20.8 Å². The van der Waals surface area contributed by atoms with Crippen LogP contribution >= 0.6 is 0 Å². The molecule has 2 amide bonds. The topological polar surface area (TPSA) is 104 Å². The number of hydrogen-bond donors (Lipinski definition) is 2. The first-order valence-electron chi connectivity index (χ1n) is 4.54. The van der Waals surface area contributed by atoms with Gasteiger partial charge in [-0.25, -0.2) is 14.4 Å². The van der Waals surface area contributed by atoms with Crippen molar-refractivity contribution in [1.29, 1.82) is 0 Å². The van der Waals surface area contributed by atoms with Gasteiger partial charge in [-0.05, 0) is 27.7 Å². The molecule has 0 aromatic carbocycles. The summed E-state index contributed by atoms with van der Waals surface area (Å²) in [6, 6.07) is -1.49. The van der Waals surface area contributed by atoms with Gasteiger partial charge in [0.2, 0.25) is 0 Å². The Labute approximate surface area is 92.6 Å². The SMILES string of the molecule is CC(C(=O)O)N(C(=O)O)C(=O)OC(C)(C)C. The van der Waals surface area contributed by atoms with Crippen molar-refractivity contribution in [1.82, 2.24) is 4.90 Å². The van der Waals surface area contributed by atoms with Gasteiger partial charge in [-0.1, -0.05) is 0 Å². The molecular weight excluding hydrogens is 218 g/mol. The molecule has 0 bridgehead atoms. The van der Waals surface area contributed by atoms with Gasteiger partial charge in [-0.15, -0.1) is 0 Å². The zero-order valence-corrected chi connectivity index (χ0v) is 9.55. The summed E-state index contributed by atoms with van der Waals surface area (Å²) in [5.41, 5.74) is -0.886. The lowest BCUT2D eigenvalue weighted by atomic mass is 10.2. The number of hydrogen-bond acceptors (Lipinski definition) is 4. The Morgan fingerprint density at radius 3 is 1.88 bits per heavy atom. The number of aliphatic carboxylic acids is 1. The molecule has 0 radical (unpaired) electrons. The second-order valence-corrected chi connectivity index (χ2v) is 4.15. The third kappa shape index (κ3) is 4.16. The van der Waals surface area contributed by atoms with Crippen LogP contribution in [-0.2, 0) is 9.53 Å². The fraction of sp³-hybridized carbons (Fsp3) is 0.667. The van der Waals surface area contributed by atoms with Crippen LogP contribution in [0.1, 0.15) is 27.7 Å². The maximum absolute atomic E-state index is 11.4. The molecule has 0 aliphatic heterocycles. The number of carbonyl (C=O) groups is 3. The Bertz CT molecular complexity index is 306. The van der Waals surface area contributed by atoms with Crippen LogP contribution in [0.3, 0.4) is 0 Å². The number of carbonyl (C=O) groups excluding carboxylic acids is 1. The Kier molecular flexibility index (Phi) is 4.28. The third-order valence-electron chi connectivity index (χ3n) is 1.54. The molecule has 7 nitrogen and oxygen atoms in total. The van der Waals surface area contributed by atoms with E-state index < -0.39 is 29.8 Å². The van der Waals surface area contributed by atoms with Crippen molar-refractivity contribution in [2.45, 2.75) is 39.3 Å². The number of imide groups is 1. The smallest absolute Gasteiger partial charge is 0.420 e. The van der Waals surface area contributed by atoms with Crippen molar-refractivity contribution in [3.05, 3.63) is 0 Å². The van der Waals surface area contributed by atoms with Crippen LogP contribution in [0.4, 0.5) is 9.59 Å². The molecule has 0 aliphatic rings. The molecule has 0 aromatic rings. The van der Waals surface area contributed by atoms with E-state index in [2.05, 4.69) is 0 Å². The minimum Gasteiger partial charge on any atom is -0.480 e. The first-order chi connectivity index (χ1) is 7.06. The van der Waals surface area contributed by atoms with Crippen LogP contribution in [0.5, 0.6) is 0 Å². The quantitative estimate of drug-likeness (QED) is 0.746. The summed E-state index contributed by atoms with van der Waals surface area (Å²) in [4.78, 5) is 32.9. The fourth-order valence-corrected chi connectivity index (χ4v) is 0.823. The van der Waals surface area contributed by atoms with Gasteiger partial charge in [0.15, 0.2) is 0 Å². The molecule has 1 atom stereocenters. The molecule has 2 N–H and O–H groups in total. The monoisotopic (exact) mass is 233 g/mol. The maximum atomic E-state index is 11.4. The first-order valence-corrected chi connectivity index (χ1v) is 4.54. The summed E-state index contributed by atoms with van der Waals surface area (Å²) in [5.74, 6) is -1.42. The number of ether oxygens (including phenoxy) is 1. The average Bonchev–Trinajstić information content (AvgIpc) is 1.99. The summed E-state index contributed by atoms with van der Waals surface area (Å²) < 4.78 is 4.78. The summed E-state index contributed by atoms with van der Waals surface area (Å²) >= 11 is 0. The Morgan fingerprint density at radius 2 is 1.62 bits per heavy atom. The van der Waals surface area contributed by atoms with Crippen molar-refractivity contribution in [2.75, 3.05) is 0 Å². The van der Waals surface area contributed by atoms with E-state index in [-0.39, 0.29) is 4.90 Å². The van der Waals surface area contributed by atoms with Gasteiger partial charge in [-0.2, -0.15) is 4.90 Å². The fourth-order valence-electron chi connectivity index (χ4n) is 0.823. The minimum atomic E-state index is -1.66. The Hall–Kier alpha value is -1.79. The summed E-state index contributed by atoms with van der Waals surface area (Å²) in [5, 5.41) is 17.4. The molecule has 16 heavy (non-hydrogen) atoms. The summed E-state index contributed by atoms with van der Waals surface area (Å²) in [7, 11) is 0. The summed E-state index contributed by atoms with van der Waals surface area (Å²) in [6.07, 6.45) is -2.86. The molecule has 0 fully saturated rings. The lowest BCUT2D eigenvalue weighted by Crippen LogP contribution is -2.48. The molecule has 92 valence electrons. The van der Waals surface area contributed by atoms with E-state index in [1.807, 2.05) is 0 Å². The zero-order valence-electron chi connectivity index (χ0n) is 9.55. The third-order valence-corrected chi connectivity index (χ3v) is 1.54. The Balaban J connectivity index is 4.88. The first kappa shape index (κ1) is 14.2. The van der Waals surface area contributed by atoms with E-state index in [0.717, 1.165) is 6.92 Å². The lowest BCUT2D eigenvalue weighted by molar-refractivity contribution is -0.141. The van der Waals surface area contributed by atoms with Crippen LogP contribution in [-0.4, -0.2) is 44.9 Å². The number of rotatable bonds is 2. The van der Waals surface area contributed by atoms with Crippen LogP contribution in [0, 0.1) is 0 Å². The van der Waals surface area contributed by atoms with Gasteiger partial charge in [0.25, 0.3) is 0 Å². The van der Waals surface area contributed by atoms with Crippen molar-refractivity contribution >= 4 is 18.2 Å². The predicted octanol–water partition coefficient (Wildman–Crippen LogP) is 1.37. The molecule has 0 spiro atoms. The van der Waals surface area contributed by atoms with Crippen molar-refractivity contribution in [2.24, 2.45) is 0 Å². The normalized spacial score (nSPS) is 12.8. The van der Waals surface area contributed by atoms with E-state index in [4.69, 9.17) is 14.9 Å². The molecule has 0 saturated carbocycles. The highest BCUT2D eigenvalue weighted by atomic mass is 16.6. The molecule has 0 rings (SSSR count). The molecule has 0 aromatic heterocycles. The van der Waals surface area contributed by atoms with Crippen LogP contribution in [0.2, 0.25) is 0 Å². The number of nitrogens with zero attached hydrogens (tertiary/aromatic N) is 1. The number of carboxylic acids is 1. The average molecular weight is 233 g/mol. The molecular formula is C9H15NO6. The van der Waals surface area contributed by atoms with E-state index in [0.29, 0.717) is 0 Å². The highest BCUT2D eigenvalue weighted by Gasteiger charge is 2.34. The van der Waals surface area contributed by atoms with Gasteiger partial charge in [0.05, 0.1) is 0 Å². The molecule has 0 heterocycles. The predicted molar refractivity (Wildman–Crippen MR) is 53.2 cm³/mol. The second-order valence-electron chi connectivity index (χ2n) is 4.15. The highest BCUT2D eigenvalue weighted by Crippen LogP contribution is 2.12. The molecule has 0 aliphatic carbocycles. The van der Waals surface area contributed by atoms with Crippen molar-refractivity contribution in [3.63, 3.8) is 0 Å². The van der Waals surface area contributed by atoms with Gasteiger partial charge < -0.3 is 14.9 Å². The maximum Gasteiger partial charge on any atom is 0.420 e. The van der Waals surface area contributed by atoms with Crippen LogP contribution in [0.15, 0.2) is 0 Å². The van der Waals surface area contributed by atoms with E-state index >= 15 is 0 Å². The highest BCUT2D eigenvalue weighted by molar-refractivity contribution is 5.92. The second kappa shape index (κ2) is 4.82. The van der Waals surface area contributed by atoms with Gasteiger partial charge in [0.1, 0.15) is 11.6 Å². The van der Waals surface area contributed by atoms with E-state index in [9.17, 15) is 14.4 Å². The van der Waals surface area contributed by atoms with Gasteiger partial charge in [0, 0.05) is 0 Å².